The Balaban J connectivity index is 1.95. The molecule has 2 heterocycles. The number of aliphatic hydroxyl groups excluding tert-OH is 1. The first-order chi connectivity index (χ1) is 7.66. The van der Waals surface area contributed by atoms with E-state index < -0.39 is 0 Å². The van der Waals surface area contributed by atoms with Crippen LogP contribution in [0.15, 0.2) is 6.07 Å². The summed E-state index contributed by atoms with van der Waals surface area (Å²) in [5, 5.41) is 14.9. The molecule has 1 fully saturated rings. The van der Waals surface area contributed by atoms with Crippen molar-refractivity contribution < 1.29 is 5.11 Å². The van der Waals surface area contributed by atoms with Crippen molar-refractivity contribution in [3.8, 4) is 0 Å². The Morgan fingerprint density at radius 3 is 3.00 bits per heavy atom. The number of aromatic nitrogens is 2. The second-order valence-electron chi connectivity index (χ2n) is 4.16. The van der Waals surface area contributed by atoms with Crippen LogP contribution in [-0.4, -0.2) is 43.5 Å². The van der Waals surface area contributed by atoms with Crippen molar-refractivity contribution in [2.75, 3.05) is 17.3 Å². The molecule has 0 radical (unpaired) electrons. The van der Waals surface area contributed by atoms with E-state index in [1.165, 1.54) is 5.75 Å². The molecule has 16 heavy (non-hydrogen) atoms. The Bertz CT molecular complexity index is 348. The predicted molar refractivity (Wildman–Crippen MR) is 71.2 cm³/mol. The first-order valence-corrected chi connectivity index (χ1v) is 7.74. The molecule has 0 amide bonds. The zero-order valence-electron chi connectivity index (χ0n) is 9.72. The van der Waals surface area contributed by atoms with Crippen molar-refractivity contribution in [2.45, 2.75) is 24.7 Å². The van der Waals surface area contributed by atoms with Crippen molar-refractivity contribution in [1.29, 1.82) is 0 Å². The van der Waals surface area contributed by atoms with Gasteiger partial charge in [0.15, 0.2) is 0 Å². The molecule has 0 saturated carbocycles. The number of aliphatic hydroxyl groups is 1. The van der Waals surface area contributed by atoms with Crippen LogP contribution < -0.4 is 0 Å². The minimum absolute atomic E-state index is 0.243. The van der Waals surface area contributed by atoms with Crippen LogP contribution in [0.2, 0.25) is 0 Å². The zero-order chi connectivity index (χ0) is 11.5. The third-order valence-corrected chi connectivity index (χ3v) is 5.69. The lowest BCUT2D eigenvalue weighted by molar-refractivity contribution is 0.175. The zero-order valence-corrected chi connectivity index (χ0v) is 11.4. The van der Waals surface area contributed by atoms with Crippen LogP contribution in [0.5, 0.6) is 0 Å². The van der Waals surface area contributed by atoms with Crippen molar-refractivity contribution in [3.05, 3.63) is 17.5 Å². The van der Waals surface area contributed by atoms with E-state index in [1.807, 2.05) is 42.2 Å². The summed E-state index contributed by atoms with van der Waals surface area (Å²) in [6, 6.07) is 2.06. The number of aryl methyl sites for hydroxylation is 2. The minimum Gasteiger partial charge on any atom is -0.392 e. The van der Waals surface area contributed by atoms with E-state index in [4.69, 9.17) is 0 Å². The van der Waals surface area contributed by atoms with Gasteiger partial charge in [-0.05, 0) is 13.0 Å². The van der Waals surface area contributed by atoms with Gasteiger partial charge in [-0.1, -0.05) is 0 Å². The van der Waals surface area contributed by atoms with Crippen molar-refractivity contribution in [2.24, 2.45) is 7.05 Å². The summed E-state index contributed by atoms with van der Waals surface area (Å²) in [5.41, 5.74) is 2.15. The Morgan fingerprint density at radius 2 is 2.44 bits per heavy atom. The molecular formula is C11H18N2OS2. The predicted octanol–water partition coefficient (Wildman–Crippen LogP) is 1.48. The molecule has 90 valence electrons. The van der Waals surface area contributed by atoms with Crippen LogP contribution >= 0.6 is 23.5 Å². The lowest BCUT2D eigenvalue weighted by Crippen LogP contribution is -2.31. The topological polar surface area (TPSA) is 38.0 Å². The second-order valence-corrected chi connectivity index (χ2v) is 6.65. The quantitative estimate of drug-likeness (QED) is 0.891. The van der Waals surface area contributed by atoms with Crippen LogP contribution in [0.4, 0.5) is 0 Å². The number of thioether (sulfide) groups is 2. The Morgan fingerprint density at radius 1 is 1.62 bits per heavy atom. The molecule has 2 rings (SSSR count). The van der Waals surface area contributed by atoms with E-state index in [1.54, 1.807) is 0 Å². The average molecular weight is 258 g/mol. The SMILES string of the molecule is Cc1cc(CC(O)C2CSCCS2)n(C)n1. The van der Waals surface area contributed by atoms with Crippen molar-refractivity contribution >= 4 is 23.5 Å². The molecule has 1 saturated heterocycles. The molecule has 0 bridgehead atoms. The molecule has 1 aliphatic rings. The molecule has 2 atom stereocenters. The standard InChI is InChI=1S/C11H18N2OS2/c1-8-5-9(13(2)12-8)6-10(14)11-7-15-3-4-16-11/h5,10-11,14H,3-4,6-7H2,1-2H3. The summed E-state index contributed by atoms with van der Waals surface area (Å²) in [4.78, 5) is 0. The molecular weight excluding hydrogens is 240 g/mol. The molecule has 1 N–H and O–H groups in total. The van der Waals surface area contributed by atoms with Crippen LogP contribution in [0, 0.1) is 6.92 Å². The highest BCUT2D eigenvalue weighted by Crippen LogP contribution is 2.27. The van der Waals surface area contributed by atoms with Crippen LogP contribution in [0.1, 0.15) is 11.4 Å². The van der Waals surface area contributed by atoms with Crippen molar-refractivity contribution in [3.63, 3.8) is 0 Å². The molecule has 0 aromatic carbocycles. The van der Waals surface area contributed by atoms with E-state index in [0.29, 0.717) is 5.25 Å². The highest BCUT2D eigenvalue weighted by atomic mass is 32.2. The van der Waals surface area contributed by atoms with E-state index in [0.717, 1.165) is 29.3 Å². The summed E-state index contributed by atoms with van der Waals surface area (Å²) in [5.74, 6) is 3.46. The molecule has 1 aliphatic heterocycles. The third kappa shape index (κ3) is 2.96. The van der Waals surface area contributed by atoms with Gasteiger partial charge in [0.2, 0.25) is 0 Å². The van der Waals surface area contributed by atoms with Crippen LogP contribution in [0.25, 0.3) is 0 Å². The Hall–Kier alpha value is -0.130. The average Bonchev–Trinajstić information content (AvgIpc) is 2.59. The lowest BCUT2D eigenvalue weighted by atomic mass is 10.1. The Kier molecular flexibility index (Phi) is 4.21. The highest BCUT2D eigenvalue weighted by Gasteiger charge is 2.23. The Labute approximate surface area is 105 Å². The first kappa shape index (κ1) is 12.3. The normalized spacial score (nSPS) is 23.3. The van der Waals surface area contributed by atoms with Gasteiger partial charge in [-0.15, -0.1) is 0 Å². The fourth-order valence-corrected chi connectivity index (χ4v) is 4.70. The van der Waals surface area contributed by atoms with Gasteiger partial charge in [0.1, 0.15) is 0 Å². The van der Waals surface area contributed by atoms with Gasteiger partial charge in [0.05, 0.1) is 11.8 Å². The summed E-state index contributed by atoms with van der Waals surface area (Å²) in [6.45, 7) is 1.99. The molecule has 0 spiro atoms. The maximum absolute atomic E-state index is 10.2. The maximum Gasteiger partial charge on any atom is 0.0721 e. The minimum atomic E-state index is -0.243. The fourth-order valence-electron chi connectivity index (χ4n) is 1.93. The number of hydrogen-bond donors (Lipinski definition) is 1. The molecule has 0 aliphatic carbocycles. The van der Waals surface area contributed by atoms with Gasteiger partial charge in [-0.3, -0.25) is 4.68 Å². The number of rotatable bonds is 3. The molecule has 2 unspecified atom stereocenters. The monoisotopic (exact) mass is 258 g/mol. The van der Waals surface area contributed by atoms with Crippen LogP contribution in [0.3, 0.4) is 0 Å². The summed E-state index contributed by atoms with van der Waals surface area (Å²) >= 11 is 3.85. The van der Waals surface area contributed by atoms with Crippen molar-refractivity contribution in [1.82, 2.24) is 9.78 Å². The van der Waals surface area contributed by atoms with Gasteiger partial charge >= 0.3 is 0 Å². The fraction of sp³-hybridized carbons (Fsp3) is 0.727. The lowest BCUT2D eigenvalue weighted by Gasteiger charge is -2.25. The van der Waals surface area contributed by atoms with Gasteiger partial charge in [0, 0.05) is 41.7 Å². The number of nitrogens with zero attached hydrogens (tertiary/aromatic N) is 2. The highest BCUT2D eigenvalue weighted by molar-refractivity contribution is 8.06. The third-order valence-electron chi connectivity index (χ3n) is 2.79. The smallest absolute Gasteiger partial charge is 0.0721 e. The van der Waals surface area contributed by atoms with Crippen LogP contribution in [-0.2, 0) is 13.5 Å². The van der Waals surface area contributed by atoms with Gasteiger partial charge in [-0.25, -0.2) is 0 Å². The van der Waals surface area contributed by atoms with E-state index >= 15 is 0 Å². The summed E-state index contributed by atoms with van der Waals surface area (Å²) < 4.78 is 1.87. The largest absolute Gasteiger partial charge is 0.392 e. The second kappa shape index (κ2) is 5.47. The van der Waals surface area contributed by atoms with E-state index in [9.17, 15) is 5.11 Å². The van der Waals surface area contributed by atoms with E-state index in [2.05, 4.69) is 11.2 Å². The van der Waals surface area contributed by atoms with Gasteiger partial charge < -0.3 is 5.11 Å². The van der Waals surface area contributed by atoms with E-state index in [-0.39, 0.29) is 6.10 Å². The molecule has 3 nitrogen and oxygen atoms in total. The molecule has 1 aromatic heterocycles. The number of hydrogen-bond acceptors (Lipinski definition) is 4. The first-order valence-electron chi connectivity index (χ1n) is 5.54. The maximum atomic E-state index is 10.2. The summed E-state index contributed by atoms with van der Waals surface area (Å²) in [7, 11) is 1.94. The summed E-state index contributed by atoms with van der Waals surface area (Å²) in [6.07, 6.45) is 0.475. The molecule has 5 heteroatoms. The van der Waals surface area contributed by atoms with Gasteiger partial charge in [-0.2, -0.15) is 28.6 Å². The van der Waals surface area contributed by atoms with Gasteiger partial charge in [0.25, 0.3) is 0 Å². The molecule has 1 aromatic rings.